The van der Waals surface area contributed by atoms with E-state index in [1.54, 1.807) is 0 Å². The molecule has 0 amide bonds. The van der Waals surface area contributed by atoms with Gasteiger partial charge in [-0.2, -0.15) is 0 Å². The zero-order valence-electron chi connectivity index (χ0n) is 11.5. The van der Waals surface area contributed by atoms with Gasteiger partial charge < -0.3 is 9.73 Å². The third-order valence-electron chi connectivity index (χ3n) is 4.23. The van der Waals surface area contributed by atoms with Crippen molar-refractivity contribution in [2.45, 2.75) is 46.1 Å². The summed E-state index contributed by atoms with van der Waals surface area (Å²) in [4.78, 5) is 0. The molecular formula is C15H25NO. The number of hydrogen-bond acceptors (Lipinski definition) is 2. The Morgan fingerprint density at radius 3 is 2.35 bits per heavy atom. The quantitative estimate of drug-likeness (QED) is 0.859. The van der Waals surface area contributed by atoms with Crippen molar-refractivity contribution in [1.82, 2.24) is 5.32 Å². The van der Waals surface area contributed by atoms with Crippen molar-refractivity contribution >= 4 is 0 Å². The molecule has 0 bridgehead atoms. The average molecular weight is 235 g/mol. The predicted molar refractivity (Wildman–Crippen MR) is 70.9 cm³/mol. The zero-order chi connectivity index (χ0) is 12.4. The average Bonchev–Trinajstić information content (AvgIpc) is 2.65. The van der Waals surface area contributed by atoms with Gasteiger partial charge in [0.1, 0.15) is 5.76 Å². The zero-order valence-corrected chi connectivity index (χ0v) is 11.5. The van der Waals surface area contributed by atoms with Crippen LogP contribution in [0.15, 0.2) is 16.7 Å². The fourth-order valence-electron chi connectivity index (χ4n) is 3.64. The van der Waals surface area contributed by atoms with Crippen molar-refractivity contribution in [2.24, 2.45) is 17.8 Å². The molecule has 1 fully saturated rings. The largest absolute Gasteiger partial charge is 0.469 e. The molecule has 0 radical (unpaired) electrons. The summed E-state index contributed by atoms with van der Waals surface area (Å²) in [6.45, 7) is 6.84. The summed E-state index contributed by atoms with van der Waals surface area (Å²) in [7, 11) is 2.07. The fourth-order valence-corrected chi connectivity index (χ4v) is 3.64. The van der Waals surface area contributed by atoms with Crippen LogP contribution in [0.2, 0.25) is 0 Å². The lowest BCUT2D eigenvalue weighted by molar-refractivity contribution is 0.180. The summed E-state index contributed by atoms with van der Waals surface area (Å²) in [6, 6.07) is 2.58. The summed E-state index contributed by atoms with van der Waals surface area (Å²) in [5, 5.41) is 3.50. The molecule has 3 unspecified atom stereocenters. The number of rotatable bonds is 3. The van der Waals surface area contributed by atoms with Gasteiger partial charge in [-0.3, -0.25) is 0 Å². The van der Waals surface area contributed by atoms with E-state index in [0.29, 0.717) is 6.04 Å². The molecule has 1 N–H and O–H groups in total. The smallest absolute Gasteiger partial charge is 0.105 e. The van der Waals surface area contributed by atoms with Gasteiger partial charge in [-0.1, -0.05) is 13.8 Å². The van der Waals surface area contributed by atoms with E-state index in [1.165, 1.54) is 24.8 Å². The highest BCUT2D eigenvalue weighted by Crippen LogP contribution is 2.40. The number of nitrogens with one attached hydrogen (secondary N) is 1. The summed E-state index contributed by atoms with van der Waals surface area (Å²) in [5.41, 5.74) is 1.35. The molecule has 2 heteroatoms. The lowest BCUT2D eigenvalue weighted by Crippen LogP contribution is -2.31. The highest BCUT2D eigenvalue weighted by Gasteiger charge is 2.31. The molecule has 1 aromatic rings. The second kappa shape index (κ2) is 5.26. The van der Waals surface area contributed by atoms with E-state index in [4.69, 9.17) is 4.42 Å². The summed E-state index contributed by atoms with van der Waals surface area (Å²) in [6.07, 6.45) is 5.86. The Kier molecular flexibility index (Phi) is 3.93. The van der Waals surface area contributed by atoms with E-state index in [9.17, 15) is 0 Å². The van der Waals surface area contributed by atoms with E-state index in [1.807, 2.05) is 6.26 Å². The van der Waals surface area contributed by atoms with Crippen LogP contribution in [0.5, 0.6) is 0 Å². The maximum atomic E-state index is 5.45. The van der Waals surface area contributed by atoms with Crippen LogP contribution in [0, 0.1) is 24.7 Å². The predicted octanol–water partition coefficient (Wildman–Crippen LogP) is 3.92. The van der Waals surface area contributed by atoms with Crippen LogP contribution < -0.4 is 5.32 Å². The maximum Gasteiger partial charge on any atom is 0.105 e. The molecule has 17 heavy (non-hydrogen) atoms. The third kappa shape index (κ3) is 2.74. The van der Waals surface area contributed by atoms with Crippen molar-refractivity contribution in [2.75, 3.05) is 7.05 Å². The van der Waals surface area contributed by atoms with Crippen molar-refractivity contribution < 1.29 is 4.42 Å². The van der Waals surface area contributed by atoms with Crippen molar-refractivity contribution in [3.05, 3.63) is 23.7 Å². The molecule has 0 spiro atoms. The molecule has 3 atom stereocenters. The van der Waals surface area contributed by atoms with E-state index in [2.05, 4.69) is 39.2 Å². The molecule has 0 aromatic carbocycles. The van der Waals surface area contributed by atoms with Crippen molar-refractivity contribution in [1.29, 1.82) is 0 Å². The van der Waals surface area contributed by atoms with Gasteiger partial charge in [-0.25, -0.2) is 0 Å². The van der Waals surface area contributed by atoms with Gasteiger partial charge in [-0.05, 0) is 57.1 Å². The van der Waals surface area contributed by atoms with E-state index in [-0.39, 0.29) is 0 Å². The van der Waals surface area contributed by atoms with Crippen molar-refractivity contribution in [3.8, 4) is 0 Å². The van der Waals surface area contributed by atoms with Gasteiger partial charge in [0.25, 0.3) is 0 Å². The van der Waals surface area contributed by atoms with Crippen LogP contribution in [0.3, 0.4) is 0 Å². The first-order chi connectivity index (χ1) is 8.11. The molecule has 2 rings (SSSR count). The van der Waals surface area contributed by atoms with Crippen LogP contribution in [0.25, 0.3) is 0 Å². The minimum atomic E-state index is 0.457. The highest BCUT2D eigenvalue weighted by molar-refractivity contribution is 5.21. The third-order valence-corrected chi connectivity index (χ3v) is 4.23. The Morgan fingerprint density at radius 1 is 1.24 bits per heavy atom. The molecule has 1 aliphatic carbocycles. The lowest BCUT2D eigenvalue weighted by atomic mass is 9.72. The van der Waals surface area contributed by atoms with Gasteiger partial charge >= 0.3 is 0 Å². The SMILES string of the molecule is CNC(c1ccoc1C)C1CC(C)CC(C)C1. The van der Waals surface area contributed by atoms with Gasteiger partial charge in [0.2, 0.25) is 0 Å². The molecule has 0 aliphatic heterocycles. The van der Waals surface area contributed by atoms with Crippen LogP contribution in [0.1, 0.15) is 50.5 Å². The summed E-state index contributed by atoms with van der Waals surface area (Å²) in [5.74, 6) is 3.52. The van der Waals surface area contributed by atoms with Gasteiger partial charge in [0.05, 0.1) is 6.26 Å². The number of hydrogen-bond donors (Lipinski definition) is 1. The number of aryl methyl sites for hydroxylation is 1. The molecular weight excluding hydrogens is 210 g/mol. The fraction of sp³-hybridized carbons (Fsp3) is 0.733. The Balaban J connectivity index is 2.15. The molecule has 1 aliphatic rings. The molecule has 1 heterocycles. The van der Waals surface area contributed by atoms with E-state index >= 15 is 0 Å². The van der Waals surface area contributed by atoms with Gasteiger partial charge in [-0.15, -0.1) is 0 Å². The Labute approximate surface area is 105 Å². The minimum Gasteiger partial charge on any atom is -0.469 e. The molecule has 96 valence electrons. The Bertz CT molecular complexity index is 348. The highest BCUT2D eigenvalue weighted by atomic mass is 16.3. The summed E-state index contributed by atoms with van der Waals surface area (Å²) < 4.78 is 5.45. The first-order valence-electron chi connectivity index (χ1n) is 6.83. The minimum absolute atomic E-state index is 0.457. The van der Waals surface area contributed by atoms with Crippen LogP contribution in [0.4, 0.5) is 0 Å². The van der Waals surface area contributed by atoms with E-state index in [0.717, 1.165) is 23.5 Å². The molecule has 1 aromatic heterocycles. The molecule has 1 saturated carbocycles. The second-order valence-corrected chi connectivity index (χ2v) is 5.88. The normalized spacial score (nSPS) is 31.4. The first kappa shape index (κ1) is 12.7. The topological polar surface area (TPSA) is 25.2 Å². The second-order valence-electron chi connectivity index (χ2n) is 5.88. The van der Waals surface area contributed by atoms with Crippen molar-refractivity contribution in [3.63, 3.8) is 0 Å². The Morgan fingerprint density at radius 2 is 1.88 bits per heavy atom. The summed E-state index contributed by atoms with van der Waals surface area (Å²) >= 11 is 0. The van der Waals surface area contributed by atoms with E-state index < -0.39 is 0 Å². The first-order valence-corrected chi connectivity index (χ1v) is 6.83. The lowest BCUT2D eigenvalue weighted by Gasteiger charge is -2.36. The maximum absolute atomic E-state index is 5.45. The monoisotopic (exact) mass is 235 g/mol. The molecule has 2 nitrogen and oxygen atoms in total. The molecule has 0 saturated heterocycles. The Hall–Kier alpha value is -0.760. The van der Waals surface area contributed by atoms with Crippen LogP contribution in [-0.4, -0.2) is 7.05 Å². The van der Waals surface area contributed by atoms with Crippen LogP contribution >= 0.6 is 0 Å². The van der Waals surface area contributed by atoms with Crippen LogP contribution in [-0.2, 0) is 0 Å². The van der Waals surface area contributed by atoms with Gasteiger partial charge in [0, 0.05) is 11.6 Å². The standard InChI is InChI=1S/C15H25NO/c1-10-7-11(2)9-13(8-10)15(16-4)14-5-6-17-12(14)3/h5-6,10-11,13,15-16H,7-9H2,1-4H3. The number of furan rings is 1. The van der Waals surface area contributed by atoms with Gasteiger partial charge in [0.15, 0.2) is 0 Å².